The summed E-state index contributed by atoms with van der Waals surface area (Å²) in [4.78, 5) is 2.38. The van der Waals surface area contributed by atoms with Crippen molar-refractivity contribution in [3.05, 3.63) is 17.5 Å². The van der Waals surface area contributed by atoms with E-state index in [1.54, 1.807) is 17.8 Å². The molecule has 3 heterocycles. The molecule has 0 radical (unpaired) electrons. The fourth-order valence-electron chi connectivity index (χ4n) is 2.81. The fraction of sp³-hybridized carbons (Fsp3) is 0.667. The van der Waals surface area contributed by atoms with Crippen molar-refractivity contribution in [1.82, 2.24) is 4.90 Å². The van der Waals surface area contributed by atoms with Gasteiger partial charge in [-0.15, -0.1) is 11.3 Å². The maximum Gasteiger partial charge on any atom is 0.192 e. The number of hydrogen-bond donors (Lipinski definition) is 0. The number of thioether (sulfide) groups is 1. The Labute approximate surface area is 116 Å². The Morgan fingerprint density at radius 2 is 2.00 bits per heavy atom. The number of likely N-dealkylation sites (tertiary alicyclic amines) is 1. The molecule has 2 aliphatic rings. The van der Waals surface area contributed by atoms with Gasteiger partial charge in [0.2, 0.25) is 0 Å². The third-order valence-corrected chi connectivity index (χ3v) is 8.79. The van der Waals surface area contributed by atoms with Crippen LogP contribution in [0.3, 0.4) is 0 Å². The fourth-order valence-corrected chi connectivity index (χ4v) is 7.98. The summed E-state index contributed by atoms with van der Waals surface area (Å²) < 4.78 is 25.8. The van der Waals surface area contributed by atoms with Gasteiger partial charge in [0.05, 0.1) is 5.25 Å². The quantitative estimate of drug-likeness (QED) is 0.857. The van der Waals surface area contributed by atoms with Crippen LogP contribution in [0.15, 0.2) is 21.7 Å². The normalized spacial score (nSPS) is 30.0. The number of rotatable bonds is 3. The van der Waals surface area contributed by atoms with Gasteiger partial charge in [-0.2, -0.15) is 11.8 Å². The van der Waals surface area contributed by atoms with Gasteiger partial charge < -0.3 is 0 Å². The van der Waals surface area contributed by atoms with Crippen LogP contribution >= 0.6 is 23.1 Å². The van der Waals surface area contributed by atoms with Crippen molar-refractivity contribution in [2.45, 2.75) is 28.3 Å². The Morgan fingerprint density at radius 1 is 1.22 bits per heavy atom. The Balaban J connectivity index is 1.86. The maximum atomic E-state index is 12.6. The van der Waals surface area contributed by atoms with Crippen molar-refractivity contribution in [1.29, 1.82) is 0 Å². The highest BCUT2D eigenvalue weighted by molar-refractivity contribution is 8.02. The summed E-state index contributed by atoms with van der Waals surface area (Å²) in [6, 6.07) is 3.79. The predicted molar refractivity (Wildman–Crippen MR) is 77.2 cm³/mol. The number of thiophene rings is 1. The van der Waals surface area contributed by atoms with Crippen molar-refractivity contribution < 1.29 is 8.42 Å². The molecule has 0 bridgehead atoms. The summed E-state index contributed by atoms with van der Waals surface area (Å²) >= 11 is 3.13. The van der Waals surface area contributed by atoms with Crippen LogP contribution < -0.4 is 0 Å². The molecule has 6 heteroatoms. The van der Waals surface area contributed by atoms with Gasteiger partial charge in [0.15, 0.2) is 9.84 Å². The first kappa shape index (κ1) is 13.0. The van der Waals surface area contributed by atoms with Crippen molar-refractivity contribution in [3.8, 4) is 0 Å². The van der Waals surface area contributed by atoms with E-state index in [0.717, 1.165) is 24.6 Å². The van der Waals surface area contributed by atoms with Gasteiger partial charge >= 0.3 is 0 Å². The Bertz CT molecular complexity index is 491. The van der Waals surface area contributed by atoms with E-state index in [9.17, 15) is 8.42 Å². The molecule has 2 atom stereocenters. The molecule has 0 spiro atoms. The SMILES string of the molecule is O=S(=O)(c1cccs1)[C@H]1CSCC1N1CCCC1. The topological polar surface area (TPSA) is 37.4 Å². The minimum Gasteiger partial charge on any atom is -0.298 e. The van der Waals surface area contributed by atoms with Crippen molar-refractivity contribution in [3.63, 3.8) is 0 Å². The zero-order valence-electron chi connectivity index (χ0n) is 10.1. The lowest BCUT2D eigenvalue weighted by molar-refractivity contribution is 0.265. The first-order valence-electron chi connectivity index (χ1n) is 6.29. The van der Waals surface area contributed by atoms with Crippen molar-refractivity contribution >= 4 is 32.9 Å². The van der Waals surface area contributed by atoms with Gasteiger partial charge in [-0.25, -0.2) is 8.42 Å². The molecule has 0 N–H and O–H groups in total. The third kappa shape index (κ3) is 2.24. The monoisotopic (exact) mass is 303 g/mol. The van der Waals surface area contributed by atoms with Gasteiger partial charge in [-0.3, -0.25) is 4.90 Å². The van der Waals surface area contributed by atoms with Crippen molar-refractivity contribution in [2.24, 2.45) is 0 Å². The Hall–Kier alpha value is -0.0400. The zero-order valence-corrected chi connectivity index (χ0v) is 12.6. The minimum atomic E-state index is -3.13. The van der Waals surface area contributed by atoms with Crippen molar-refractivity contribution in [2.75, 3.05) is 24.6 Å². The molecule has 1 aromatic heterocycles. The molecule has 3 rings (SSSR count). The van der Waals surface area contributed by atoms with E-state index in [0.29, 0.717) is 4.21 Å². The molecular weight excluding hydrogens is 286 g/mol. The molecule has 2 saturated heterocycles. The van der Waals surface area contributed by atoms with E-state index in [4.69, 9.17) is 0 Å². The second kappa shape index (κ2) is 5.15. The lowest BCUT2D eigenvalue weighted by Crippen LogP contribution is -2.44. The largest absolute Gasteiger partial charge is 0.298 e. The van der Waals surface area contributed by atoms with Crippen LogP contribution in [0.2, 0.25) is 0 Å². The third-order valence-electron chi connectivity index (χ3n) is 3.78. The maximum absolute atomic E-state index is 12.6. The summed E-state index contributed by atoms with van der Waals surface area (Å²) in [5.74, 6) is 1.72. The molecule has 0 aliphatic carbocycles. The summed E-state index contributed by atoms with van der Waals surface area (Å²) in [7, 11) is -3.13. The molecule has 100 valence electrons. The number of sulfone groups is 1. The average molecular weight is 303 g/mol. The van der Waals surface area contributed by atoms with Gasteiger partial charge in [0, 0.05) is 17.5 Å². The van der Waals surface area contributed by atoms with E-state index in [2.05, 4.69) is 4.90 Å². The van der Waals surface area contributed by atoms with Gasteiger partial charge in [-0.05, 0) is 37.4 Å². The smallest absolute Gasteiger partial charge is 0.192 e. The highest BCUT2D eigenvalue weighted by Crippen LogP contribution is 2.34. The van der Waals surface area contributed by atoms with E-state index in [1.807, 2.05) is 11.4 Å². The molecule has 2 aliphatic heterocycles. The standard InChI is InChI=1S/C12H17NO2S3/c14-18(15,12-4-3-7-17-12)11-9-16-8-10(11)13-5-1-2-6-13/h3-4,7,10-11H,1-2,5-6,8-9H2/t10?,11-/m0/s1. The second-order valence-corrected chi connectivity index (χ2v) is 9.28. The highest BCUT2D eigenvalue weighted by Gasteiger charge is 2.42. The van der Waals surface area contributed by atoms with E-state index >= 15 is 0 Å². The van der Waals surface area contributed by atoms with E-state index in [-0.39, 0.29) is 11.3 Å². The predicted octanol–water partition coefficient (Wildman–Crippen LogP) is 2.10. The Morgan fingerprint density at radius 3 is 2.67 bits per heavy atom. The lowest BCUT2D eigenvalue weighted by Gasteiger charge is -2.27. The summed E-state index contributed by atoms with van der Waals surface area (Å²) in [5.41, 5.74) is 0. The molecular formula is C12H17NO2S3. The summed E-state index contributed by atoms with van der Waals surface area (Å²) in [6.07, 6.45) is 2.43. The van der Waals surface area contributed by atoms with Crippen LogP contribution in [0.25, 0.3) is 0 Å². The van der Waals surface area contributed by atoms with Gasteiger partial charge in [0.25, 0.3) is 0 Å². The van der Waals surface area contributed by atoms with Crippen LogP contribution in [0, 0.1) is 0 Å². The zero-order chi connectivity index (χ0) is 12.6. The van der Waals surface area contributed by atoms with E-state index in [1.165, 1.54) is 24.2 Å². The molecule has 1 aromatic rings. The molecule has 2 fully saturated rings. The second-order valence-electron chi connectivity index (χ2n) is 4.86. The first-order valence-corrected chi connectivity index (χ1v) is 9.87. The molecule has 1 unspecified atom stereocenters. The highest BCUT2D eigenvalue weighted by atomic mass is 32.2. The van der Waals surface area contributed by atoms with Crippen LogP contribution in [0.1, 0.15) is 12.8 Å². The van der Waals surface area contributed by atoms with Gasteiger partial charge in [-0.1, -0.05) is 6.07 Å². The average Bonchev–Trinajstić information content (AvgIpc) is 3.11. The molecule has 3 nitrogen and oxygen atoms in total. The molecule has 0 amide bonds. The molecule has 0 saturated carbocycles. The lowest BCUT2D eigenvalue weighted by atomic mass is 10.2. The minimum absolute atomic E-state index is 0.209. The summed E-state index contributed by atoms with van der Waals surface area (Å²) in [6.45, 7) is 2.14. The van der Waals surface area contributed by atoms with Crippen LogP contribution in [0.5, 0.6) is 0 Å². The van der Waals surface area contributed by atoms with Crippen LogP contribution in [-0.2, 0) is 9.84 Å². The van der Waals surface area contributed by atoms with Gasteiger partial charge in [0.1, 0.15) is 4.21 Å². The number of hydrogen-bond acceptors (Lipinski definition) is 5. The molecule has 18 heavy (non-hydrogen) atoms. The molecule has 0 aromatic carbocycles. The number of nitrogens with zero attached hydrogens (tertiary/aromatic N) is 1. The first-order chi connectivity index (χ1) is 8.69. The van der Waals surface area contributed by atoms with Crippen LogP contribution in [-0.4, -0.2) is 49.2 Å². The Kier molecular flexibility index (Phi) is 3.71. The van der Waals surface area contributed by atoms with E-state index < -0.39 is 9.84 Å². The van der Waals surface area contributed by atoms with Crippen LogP contribution in [0.4, 0.5) is 0 Å². The summed E-state index contributed by atoms with van der Waals surface area (Å²) in [5, 5.41) is 1.64.